The molecule has 6 heteroatoms. The molecule has 0 aliphatic carbocycles. The number of allylic oxidation sites excluding steroid dienone is 1. The zero-order valence-electron chi connectivity index (χ0n) is 24.2. The number of benzene rings is 2. The molecule has 208 valence electrons. The number of ether oxygens (including phenoxy) is 2. The van der Waals surface area contributed by atoms with E-state index in [0.29, 0.717) is 23.9 Å². The summed E-state index contributed by atoms with van der Waals surface area (Å²) < 4.78 is 13.5. The molecule has 2 aliphatic rings. The molecule has 0 spiro atoms. The van der Waals surface area contributed by atoms with E-state index in [4.69, 9.17) is 19.5 Å². The average molecular weight is 538 g/mol. The van der Waals surface area contributed by atoms with Crippen molar-refractivity contribution in [1.29, 1.82) is 0 Å². The number of nitrogens with zero attached hydrogens (tertiary/aromatic N) is 3. The number of methoxy groups -OCH3 is 1. The number of hydrogen-bond donors (Lipinski definition) is 0. The monoisotopic (exact) mass is 537 g/mol. The summed E-state index contributed by atoms with van der Waals surface area (Å²) >= 11 is 0. The van der Waals surface area contributed by atoms with E-state index in [-0.39, 0.29) is 22.8 Å². The Morgan fingerprint density at radius 3 is 2.55 bits per heavy atom. The lowest BCUT2D eigenvalue weighted by Gasteiger charge is -2.37. The summed E-state index contributed by atoms with van der Waals surface area (Å²) in [5.41, 5.74) is 5.74. The molecule has 0 bridgehead atoms. The Bertz CT molecular complexity index is 1480. The number of carbonyl (C=O) groups excluding carboxylic acids is 1. The van der Waals surface area contributed by atoms with Crippen molar-refractivity contribution in [2.24, 2.45) is 15.4 Å². The lowest BCUT2D eigenvalue weighted by molar-refractivity contribution is 0.0586. The van der Waals surface area contributed by atoms with E-state index in [1.165, 1.54) is 7.11 Å². The molecule has 3 aromatic rings. The van der Waals surface area contributed by atoms with Crippen LogP contribution < -0.4 is 0 Å². The van der Waals surface area contributed by atoms with Gasteiger partial charge in [0.25, 0.3) is 0 Å². The Balaban J connectivity index is 1.73. The molecular weight excluding hydrogens is 498 g/mol. The zero-order chi connectivity index (χ0) is 28.5. The fourth-order valence-electron chi connectivity index (χ4n) is 5.85. The van der Waals surface area contributed by atoms with Gasteiger partial charge < -0.3 is 14.0 Å². The van der Waals surface area contributed by atoms with E-state index in [2.05, 4.69) is 51.0 Å². The van der Waals surface area contributed by atoms with Crippen molar-refractivity contribution < 1.29 is 14.3 Å². The fraction of sp³-hybridized carbons (Fsp3) is 0.382. The maximum atomic E-state index is 12.9. The highest BCUT2D eigenvalue weighted by Gasteiger charge is 2.39. The van der Waals surface area contributed by atoms with Crippen LogP contribution in [0.4, 0.5) is 5.69 Å². The molecule has 0 fully saturated rings. The minimum Gasteiger partial charge on any atom is -0.474 e. The van der Waals surface area contributed by atoms with Crippen LogP contribution in [0, 0.1) is 5.41 Å². The number of esters is 1. The van der Waals surface area contributed by atoms with E-state index < -0.39 is 0 Å². The summed E-state index contributed by atoms with van der Waals surface area (Å²) in [5, 5.41) is 0. The van der Waals surface area contributed by atoms with E-state index in [1.807, 2.05) is 54.6 Å². The van der Waals surface area contributed by atoms with Crippen molar-refractivity contribution in [3.05, 3.63) is 90.3 Å². The van der Waals surface area contributed by atoms with Gasteiger partial charge in [0.1, 0.15) is 18.0 Å². The molecule has 40 heavy (non-hydrogen) atoms. The first-order valence-electron chi connectivity index (χ1n) is 14.1. The topological polar surface area (TPSA) is 65.2 Å². The highest BCUT2D eigenvalue weighted by molar-refractivity contribution is 6.46. The van der Waals surface area contributed by atoms with Gasteiger partial charge >= 0.3 is 5.97 Å². The van der Waals surface area contributed by atoms with Crippen LogP contribution in [0.5, 0.6) is 0 Å². The fourth-order valence-corrected chi connectivity index (χ4v) is 5.85. The van der Waals surface area contributed by atoms with Crippen molar-refractivity contribution in [3.63, 3.8) is 0 Å². The Morgan fingerprint density at radius 1 is 1.18 bits per heavy atom. The molecular formula is C34H39N3O3. The summed E-state index contributed by atoms with van der Waals surface area (Å²) in [4.78, 5) is 23.1. The molecule has 1 aromatic heterocycles. The number of hydrogen-bond acceptors (Lipinski definition) is 5. The third-order valence-electron chi connectivity index (χ3n) is 8.32. The van der Waals surface area contributed by atoms with Crippen LogP contribution in [-0.4, -0.2) is 41.9 Å². The maximum absolute atomic E-state index is 12.9. The highest BCUT2D eigenvalue weighted by atomic mass is 16.5. The molecule has 0 N–H and O–H groups in total. The predicted molar refractivity (Wildman–Crippen MR) is 162 cm³/mol. The molecule has 2 atom stereocenters. The lowest BCUT2D eigenvalue weighted by atomic mass is 9.73. The van der Waals surface area contributed by atoms with Gasteiger partial charge in [0.05, 0.1) is 18.8 Å². The van der Waals surface area contributed by atoms with Crippen molar-refractivity contribution in [2.75, 3.05) is 13.7 Å². The normalized spacial score (nSPS) is 20.9. The van der Waals surface area contributed by atoms with Crippen LogP contribution >= 0.6 is 0 Å². The zero-order valence-corrected chi connectivity index (χ0v) is 24.2. The van der Waals surface area contributed by atoms with Crippen LogP contribution in [0.2, 0.25) is 0 Å². The standard InChI is InChI=1S/C34H39N3O3/c1-7-34(8-2)19-14-20-37-27(32(38)39-6)21-25(30(34)37)24-17-12-13-18-26(24)35-29(23-15-10-9-11-16-23)31-36-28(22-40-31)33(3,4)5/h7,9-13,15-18,21,28H,1,8,14,19-20,22H2,2-6H3/t28-,34+/m0/s1. The lowest BCUT2D eigenvalue weighted by Crippen LogP contribution is -2.32. The summed E-state index contributed by atoms with van der Waals surface area (Å²) in [6.07, 6.45) is 4.88. The first-order chi connectivity index (χ1) is 19.2. The van der Waals surface area contributed by atoms with E-state index in [0.717, 1.165) is 53.9 Å². The SMILES string of the molecule is C=C[C@@]1(CC)CCCn2c(C(=O)OC)cc(-c3ccccc3N=C(C3=N[C@H](C(C)(C)C)CO3)c3ccccc3)c21. The predicted octanol–water partition coefficient (Wildman–Crippen LogP) is 7.53. The van der Waals surface area contributed by atoms with Crippen LogP contribution in [0.1, 0.15) is 68.7 Å². The van der Waals surface area contributed by atoms with Gasteiger partial charge in [0, 0.05) is 34.3 Å². The number of aliphatic imine (C=N–C) groups is 2. The van der Waals surface area contributed by atoms with Gasteiger partial charge in [-0.05, 0) is 36.8 Å². The molecule has 3 heterocycles. The van der Waals surface area contributed by atoms with Crippen molar-refractivity contribution >= 4 is 23.3 Å². The second-order valence-corrected chi connectivity index (χ2v) is 11.7. The van der Waals surface area contributed by atoms with Crippen LogP contribution in [0.15, 0.2) is 83.3 Å². The van der Waals surface area contributed by atoms with Gasteiger partial charge in [-0.2, -0.15) is 0 Å². The minimum absolute atomic E-state index is 0.0223. The molecule has 0 saturated carbocycles. The quantitative estimate of drug-likeness (QED) is 0.178. The Labute approximate surface area is 237 Å². The minimum atomic E-state index is -0.337. The molecule has 0 unspecified atom stereocenters. The third kappa shape index (κ3) is 4.91. The van der Waals surface area contributed by atoms with E-state index in [9.17, 15) is 4.79 Å². The number of aromatic nitrogens is 1. The average Bonchev–Trinajstić information content (AvgIpc) is 3.62. The van der Waals surface area contributed by atoms with Crippen LogP contribution in [-0.2, 0) is 21.4 Å². The summed E-state index contributed by atoms with van der Waals surface area (Å²) in [6, 6.07) is 20.2. The largest absolute Gasteiger partial charge is 0.474 e. The van der Waals surface area contributed by atoms with Gasteiger partial charge in [-0.25, -0.2) is 14.8 Å². The van der Waals surface area contributed by atoms with Crippen molar-refractivity contribution in [3.8, 4) is 11.1 Å². The van der Waals surface area contributed by atoms with Crippen molar-refractivity contribution in [2.45, 2.75) is 65.0 Å². The summed E-state index contributed by atoms with van der Waals surface area (Å²) in [7, 11) is 1.43. The number of para-hydroxylation sites is 1. The number of carbonyl (C=O) groups is 1. The molecule has 5 rings (SSSR count). The maximum Gasteiger partial charge on any atom is 0.354 e. The molecule has 6 nitrogen and oxygen atoms in total. The number of fused-ring (bicyclic) bond motifs is 1. The van der Waals surface area contributed by atoms with Crippen molar-refractivity contribution in [1.82, 2.24) is 4.57 Å². The Kier molecular flexibility index (Phi) is 7.54. The molecule has 2 aromatic carbocycles. The molecule has 0 radical (unpaired) electrons. The van der Waals surface area contributed by atoms with Gasteiger partial charge in [-0.15, -0.1) is 6.58 Å². The molecule has 2 aliphatic heterocycles. The second-order valence-electron chi connectivity index (χ2n) is 11.7. The smallest absolute Gasteiger partial charge is 0.354 e. The molecule has 0 amide bonds. The van der Waals surface area contributed by atoms with Gasteiger partial charge in [0.15, 0.2) is 0 Å². The van der Waals surface area contributed by atoms with Gasteiger partial charge in [0.2, 0.25) is 5.90 Å². The third-order valence-corrected chi connectivity index (χ3v) is 8.32. The van der Waals surface area contributed by atoms with Gasteiger partial charge in [-0.1, -0.05) is 82.3 Å². The van der Waals surface area contributed by atoms with Crippen LogP contribution in [0.25, 0.3) is 11.1 Å². The van der Waals surface area contributed by atoms with Gasteiger partial charge in [-0.3, -0.25) is 0 Å². The Hall–Kier alpha value is -3.93. The highest BCUT2D eigenvalue weighted by Crippen LogP contribution is 2.47. The van der Waals surface area contributed by atoms with E-state index in [1.54, 1.807) is 0 Å². The Morgan fingerprint density at radius 2 is 1.90 bits per heavy atom. The van der Waals surface area contributed by atoms with Crippen LogP contribution in [0.3, 0.4) is 0 Å². The summed E-state index contributed by atoms with van der Waals surface area (Å²) in [6.45, 7) is 14.2. The second kappa shape index (κ2) is 10.9. The first-order valence-corrected chi connectivity index (χ1v) is 14.1. The first kappa shape index (κ1) is 27.6. The van der Waals surface area contributed by atoms with E-state index >= 15 is 0 Å². The molecule has 0 saturated heterocycles. The summed E-state index contributed by atoms with van der Waals surface area (Å²) in [5.74, 6) is 0.223. The number of rotatable bonds is 7.